The Balaban J connectivity index is -0.0000000800. The zero-order valence-electron chi connectivity index (χ0n) is 4.14. The zero-order chi connectivity index (χ0) is 4.50. The first-order chi connectivity index (χ1) is 2.00. The molecule has 0 aromatic rings. The number of rotatable bonds is 0. The van der Waals surface area contributed by atoms with Crippen LogP contribution in [-0.4, -0.2) is 13.9 Å². The first-order valence-corrected chi connectivity index (χ1v) is 2.46. The van der Waals surface area contributed by atoms with Crippen LogP contribution in [0.1, 0.15) is 0 Å². The van der Waals surface area contributed by atoms with Crippen molar-refractivity contribution in [2.75, 3.05) is 0 Å². The maximum atomic E-state index is 10.3. The van der Waals surface area contributed by atoms with Gasteiger partial charge in [0.2, 0.25) is 9.14 Å². The second-order valence-electron chi connectivity index (χ2n) is 0.505. The van der Waals surface area contributed by atoms with Gasteiger partial charge in [0.15, 0.2) is 0 Å². The van der Waals surface area contributed by atoms with E-state index in [-0.39, 0.29) is 37.7 Å². The summed E-state index contributed by atoms with van der Waals surface area (Å²) in [7, 11) is -5.61. The van der Waals surface area contributed by atoms with Gasteiger partial charge in [-0.25, -0.2) is 0 Å². The molecule has 7 heavy (non-hydrogen) atoms. The van der Waals surface area contributed by atoms with E-state index in [1.807, 2.05) is 0 Å². The number of halogens is 1. The molecule has 3 nitrogen and oxygen atoms in total. The van der Waals surface area contributed by atoms with E-state index in [9.17, 15) is 4.11 Å². The molecule has 0 unspecified atom stereocenters. The van der Waals surface area contributed by atoms with Gasteiger partial charge in [-0.2, -0.15) is 0 Å². The van der Waals surface area contributed by atoms with Gasteiger partial charge in [0.25, 0.3) is 0 Å². The molecule has 0 saturated heterocycles. The third-order valence-electron chi connectivity index (χ3n) is 0. The van der Waals surface area contributed by atoms with E-state index in [4.69, 9.17) is 14.4 Å². The summed E-state index contributed by atoms with van der Waals surface area (Å²) in [6, 6.07) is 0. The van der Waals surface area contributed by atoms with Crippen molar-refractivity contribution in [1.29, 1.82) is 0 Å². The molecule has 7 heteroatoms. The van der Waals surface area contributed by atoms with Crippen molar-refractivity contribution in [2.24, 2.45) is 0 Å². The summed E-state index contributed by atoms with van der Waals surface area (Å²) in [6.45, 7) is 0. The summed E-state index contributed by atoms with van der Waals surface area (Å²) in [5.74, 6) is 0. The summed E-state index contributed by atoms with van der Waals surface area (Å²) >= 11 is 0. The maximum absolute atomic E-state index is 10.3. The van der Waals surface area contributed by atoms with Gasteiger partial charge in [0, 0.05) is 0 Å². The molecule has 0 heterocycles. The normalized spacial score (nSPS) is 8.57. The van der Waals surface area contributed by atoms with E-state index in [0.717, 1.165) is 0 Å². The molecule has 0 aliphatic rings. The molecular weight excluding hydrogens is 109 g/mol. The Labute approximate surface area is 65.4 Å². The SMILES string of the molecule is [Li+].[Li+].[O-][Si]([O-])(O)F. The summed E-state index contributed by atoms with van der Waals surface area (Å²) in [5, 5.41) is 0. The molecule has 0 aliphatic carbocycles. The second kappa shape index (κ2) is 5.36. The molecule has 0 spiro atoms. The first-order valence-electron chi connectivity index (χ1n) is 0.821. The van der Waals surface area contributed by atoms with Gasteiger partial charge in [0.1, 0.15) is 0 Å². The quantitative estimate of drug-likeness (QED) is 0.249. The third kappa shape index (κ3) is 132. The van der Waals surface area contributed by atoms with Gasteiger partial charge in [-0.3, -0.25) is 0 Å². The minimum absolute atomic E-state index is 0. The molecular formula is HFLi2O3Si. The molecule has 0 aromatic heterocycles. The van der Waals surface area contributed by atoms with E-state index in [1.165, 1.54) is 0 Å². The fraction of sp³-hybridized carbons (Fsp3) is 0. The average Bonchev–Trinajstić information content (AvgIpc) is 0.722. The smallest absolute Gasteiger partial charge is 0.825 e. The minimum atomic E-state index is -5.61. The Hall–Kier alpha value is 1.22. The van der Waals surface area contributed by atoms with Crippen molar-refractivity contribution in [1.82, 2.24) is 0 Å². The summed E-state index contributed by atoms with van der Waals surface area (Å²) in [5.41, 5.74) is 0. The van der Waals surface area contributed by atoms with E-state index >= 15 is 0 Å². The first kappa shape index (κ1) is 15.7. The molecule has 1 N–H and O–H groups in total. The van der Waals surface area contributed by atoms with Crippen LogP contribution in [0.4, 0.5) is 4.11 Å². The van der Waals surface area contributed by atoms with Crippen LogP contribution in [0.5, 0.6) is 0 Å². The van der Waals surface area contributed by atoms with Gasteiger partial charge in [0.05, 0.1) is 0 Å². The molecule has 0 aromatic carbocycles. The molecule has 32 valence electrons. The average molecular weight is 110 g/mol. The van der Waals surface area contributed by atoms with Crippen molar-refractivity contribution < 1.29 is 56.2 Å². The maximum Gasteiger partial charge on any atom is 1.00 e. The second-order valence-corrected chi connectivity index (χ2v) is 1.51. The van der Waals surface area contributed by atoms with Crippen molar-refractivity contribution in [3.8, 4) is 0 Å². The zero-order valence-corrected chi connectivity index (χ0v) is 5.14. The molecule has 0 rings (SSSR count). The monoisotopic (exact) mass is 110 g/mol. The summed E-state index contributed by atoms with van der Waals surface area (Å²) in [4.78, 5) is 24.0. The fourth-order valence-electron chi connectivity index (χ4n) is 0. The fourth-order valence-corrected chi connectivity index (χ4v) is 0. The van der Waals surface area contributed by atoms with Gasteiger partial charge in [-0.05, 0) is 0 Å². The summed E-state index contributed by atoms with van der Waals surface area (Å²) in [6.07, 6.45) is 0. The third-order valence-corrected chi connectivity index (χ3v) is 0. The Morgan fingerprint density at radius 2 is 1.29 bits per heavy atom. The van der Waals surface area contributed by atoms with Crippen LogP contribution in [0.2, 0.25) is 0 Å². The Morgan fingerprint density at radius 1 is 1.29 bits per heavy atom. The Morgan fingerprint density at radius 3 is 1.29 bits per heavy atom. The molecule has 0 aliphatic heterocycles. The van der Waals surface area contributed by atoms with Crippen molar-refractivity contribution in [3.63, 3.8) is 0 Å². The van der Waals surface area contributed by atoms with E-state index in [1.54, 1.807) is 0 Å². The molecule has 0 bridgehead atoms. The minimum Gasteiger partial charge on any atom is -0.825 e. The number of hydrogen-bond acceptors (Lipinski definition) is 3. The predicted molar refractivity (Wildman–Crippen MR) is 9.08 cm³/mol. The van der Waals surface area contributed by atoms with Crippen LogP contribution >= 0.6 is 0 Å². The van der Waals surface area contributed by atoms with E-state index in [2.05, 4.69) is 0 Å². The van der Waals surface area contributed by atoms with Crippen LogP contribution in [0, 0.1) is 0 Å². The van der Waals surface area contributed by atoms with Crippen LogP contribution in [0.25, 0.3) is 0 Å². The van der Waals surface area contributed by atoms with E-state index < -0.39 is 9.14 Å². The summed E-state index contributed by atoms with van der Waals surface area (Å²) < 4.78 is 10.3. The van der Waals surface area contributed by atoms with Gasteiger partial charge in [-0.1, -0.05) is 0 Å². The molecule has 0 saturated carbocycles. The number of hydrogen-bond donors (Lipinski definition) is 1. The van der Waals surface area contributed by atoms with E-state index in [0.29, 0.717) is 0 Å². The largest absolute Gasteiger partial charge is 1.00 e. The Bertz CT molecular complexity index is 28.4. The van der Waals surface area contributed by atoms with Gasteiger partial charge in [-0.15, -0.1) is 0 Å². The molecule has 0 radical (unpaired) electrons. The van der Waals surface area contributed by atoms with Crippen LogP contribution < -0.4 is 47.3 Å². The van der Waals surface area contributed by atoms with Crippen LogP contribution in [-0.2, 0) is 0 Å². The van der Waals surface area contributed by atoms with Crippen LogP contribution in [0.3, 0.4) is 0 Å². The van der Waals surface area contributed by atoms with Crippen molar-refractivity contribution >= 4 is 9.14 Å². The standard InChI is InChI=1S/FHO3Si.2Li/c1-5(2,3)4;;/h2H;;/q-2;2*+1. The van der Waals surface area contributed by atoms with Crippen molar-refractivity contribution in [3.05, 3.63) is 0 Å². The molecule has 0 atom stereocenters. The van der Waals surface area contributed by atoms with Crippen molar-refractivity contribution in [2.45, 2.75) is 0 Å². The van der Waals surface area contributed by atoms with Gasteiger partial charge >= 0.3 is 37.7 Å². The van der Waals surface area contributed by atoms with Crippen LogP contribution in [0.15, 0.2) is 0 Å². The molecule has 0 fully saturated rings. The predicted octanol–water partition coefficient (Wildman–Crippen LogP) is -8.89. The van der Waals surface area contributed by atoms with Gasteiger partial charge < -0.3 is 18.5 Å². The molecule has 0 amide bonds. The topological polar surface area (TPSA) is 66.3 Å². The Kier molecular flexibility index (Phi) is 12.0.